The molecule has 0 spiro atoms. The van der Waals surface area contributed by atoms with Gasteiger partial charge < -0.3 is 10.1 Å². The molecule has 2 heterocycles. The van der Waals surface area contributed by atoms with Crippen molar-refractivity contribution in [3.05, 3.63) is 50.4 Å². The number of anilines is 1. The van der Waals surface area contributed by atoms with Crippen molar-refractivity contribution in [1.82, 2.24) is 9.55 Å². The van der Waals surface area contributed by atoms with Crippen molar-refractivity contribution in [2.75, 3.05) is 24.8 Å². The number of amides is 1. The molecule has 4 rings (SSSR count). The Morgan fingerprint density at radius 2 is 2.03 bits per heavy atom. The summed E-state index contributed by atoms with van der Waals surface area (Å²) in [7, 11) is 1.53. The van der Waals surface area contributed by atoms with Crippen molar-refractivity contribution in [1.29, 1.82) is 0 Å². The Bertz CT molecular complexity index is 1240. The van der Waals surface area contributed by atoms with Gasteiger partial charge in [0.05, 0.1) is 30.0 Å². The van der Waals surface area contributed by atoms with Gasteiger partial charge in [-0.05, 0) is 43.4 Å². The lowest BCUT2D eigenvalue weighted by Gasteiger charge is -2.13. The molecule has 0 radical (unpaired) electrons. The zero-order chi connectivity index (χ0) is 22.8. The number of hydrogen-bond acceptors (Lipinski definition) is 6. The summed E-state index contributed by atoms with van der Waals surface area (Å²) in [5.74, 6) is -5.30. The SMILES string of the molecule is COCCn1c(SCC(=O)Nc2ccc(F)c(F)c2F)nc2sc3c(c2c1=O)CCCC3. The number of carbonyl (C=O) groups is 1. The highest BCUT2D eigenvalue weighted by molar-refractivity contribution is 7.99. The topological polar surface area (TPSA) is 73.2 Å². The van der Waals surface area contributed by atoms with E-state index in [1.54, 1.807) is 0 Å². The molecule has 0 fully saturated rings. The molecule has 1 aromatic carbocycles. The first-order chi connectivity index (χ1) is 15.4. The Hall–Kier alpha value is -2.37. The smallest absolute Gasteiger partial charge is 0.263 e. The fourth-order valence-electron chi connectivity index (χ4n) is 3.65. The van der Waals surface area contributed by atoms with E-state index in [1.807, 2.05) is 0 Å². The molecule has 1 N–H and O–H groups in total. The number of aryl methyl sites for hydroxylation is 2. The number of thiophene rings is 1. The number of nitrogens with one attached hydrogen (secondary N) is 1. The van der Waals surface area contributed by atoms with Crippen molar-refractivity contribution in [3.8, 4) is 0 Å². The Balaban J connectivity index is 1.60. The minimum absolute atomic E-state index is 0.166. The zero-order valence-electron chi connectivity index (χ0n) is 17.2. The minimum atomic E-state index is -1.65. The number of thioether (sulfide) groups is 1. The van der Waals surface area contributed by atoms with E-state index in [-0.39, 0.29) is 17.9 Å². The van der Waals surface area contributed by atoms with E-state index in [4.69, 9.17) is 4.74 Å². The standard InChI is InChI=1S/C21H20F3N3O3S2/c1-30-9-8-27-20(29)16-11-4-2-3-5-14(11)32-19(16)26-21(27)31-10-15(28)25-13-7-6-12(22)17(23)18(13)24/h6-7H,2-5,8-10H2,1H3,(H,25,28). The van der Waals surface area contributed by atoms with Gasteiger partial charge >= 0.3 is 0 Å². The number of ether oxygens (including phenoxy) is 1. The summed E-state index contributed by atoms with van der Waals surface area (Å²) in [6, 6.07) is 1.68. The molecule has 0 atom stereocenters. The number of carbonyl (C=O) groups excluding carboxylic acids is 1. The maximum Gasteiger partial charge on any atom is 0.263 e. The average molecular weight is 484 g/mol. The van der Waals surface area contributed by atoms with Gasteiger partial charge in [0.1, 0.15) is 4.83 Å². The van der Waals surface area contributed by atoms with E-state index in [9.17, 15) is 22.8 Å². The Labute approximate surface area is 189 Å². The molecule has 6 nitrogen and oxygen atoms in total. The number of halogens is 3. The maximum atomic E-state index is 13.8. The molecule has 1 aliphatic rings. The molecule has 0 saturated heterocycles. The Morgan fingerprint density at radius 1 is 1.25 bits per heavy atom. The van der Waals surface area contributed by atoms with Crippen LogP contribution in [0.2, 0.25) is 0 Å². The van der Waals surface area contributed by atoms with E-state index in [0.29, 0.717) is 22.0 Å². The van der Waals surface area contributed by atoms with Crippen LogP contribution in [0.15, 0.2) is 22.1 Å². The summed E-state index contributed by atoms with van der Waals surface area (Å²) in [5.41, 5.74) is 0.449. The Morgan fingerprint density at radius 3 is 2.81 bits per heavy atom. The van der Waals surface area contributed by atoms with Gasteiger partial charge in [-0.15, -0.1) is 11.3 Å². The molecular weight excluding hydrogens is 463 g/mol. The molecule has 2 aromatic heterocycles. The van der Waals surface area contributed by atoms with Gasteiger partial charge in [0.25, 0.3) is 5.56 Å². The van der Waals surface area contributed by atoms with E-state index >= 15 is 0 Å². The van der Waals surface area contributed by atoms with Gasteiger partial charge in [-0.2, -0.15) is 0 Å². The minimum Gasteiger partial charge on any atom is -0.383 e. The highest BCUT2D eigenvalue weighted by Gasteiger charge is 2.23. The van der Waals surface area contributed by atoms with E-state index in [1.165, 1.54) is 27.9 Å². The molecule has 0 saturated carbocycles. The molecule has 0 aliphatic heterocycles. The summed E-state index contributed by atoms with van der Waals surface area (Å²) in [5, 5.41) is 3.21. The third-order valence-electron chi connectivity index (χ3n) is 5.20. The van der Waals surface area contributed by atoms with Crippen LogP contribution in [0.4, 0.5) is 18.9 Å². The van der Waals surface area contributed by atoms with Crippen LogP contribution in [0, 0.1) is 17.5 Å². The second kappa shape index (κ2) is 9.63. The molecule has 32 heavy (non-hydrogen) atoms. The summed E-state index contributed by atoms with van der Waals surface area (Å²) >= 11 is 2.52. The van der Waals surface area contributed by atoms with Gasteiger partial charge in [0.2, 0.25) is 5.91 Å². The van der Waals surface area contributed by atoms with Crippen LogP contribution in [0.5, 0.6) is 0 Å². The van der Waals surface area contributed by atoms with Gasteiger partial charge in [-0.1, -0.05) is 11.8 Å². The Kier molecular flexibility index (Phi) is 6.87. The van der Waals surface area contributed by atoms with E-state index < -0.39 is 29.0 Å². The van der Waals surface area contributed by atoms with Gasteiger partial charge in [-0.25, -0.2) is 18.2 Å². The lowest BCUT2D eigenvalue weighted by Crippen LogP contribution is -2.26. The van der Waals surface area contributed by atoms with Crippen LogP contribution in [0.3, 0.4) is 0 Å². The number of hydrogen-bond donors (Lipinski definition) is 1. The lowest BCUT2D eigenvalue weighted by molar-refractivity contribution is -0.113. The first-order valence-corrected chi connectivity index (χ1v) is 11.8. The third kappa shape index (κ3) is 4.41. The highest BCUT2D eigenvalue weighted by atomic mass is 32.2. The number of rotatable bonds is 7. The molecule has 1 aliphatic carbocycles. The van der Waals surface area contributed by atoms with Crippen LogP contribution >= 0.6 is 23.1 Å². The molecular formula is C21H20F3N3O3S2. The monoisotopic (exact) mass is 483 g/mol. The first kappa shape index (κ1) is 22.8. The first-order valence-electron chi connectivity index (χ1n) is 10.0. The third-order valence-corrected chi connectivity index (χ3v) is 7.36. The summed E-state index contributed by atoms with van der Waals surface area (Å²) < 4.78 is 46.9. The molecule has 170 valence electrons. The van der Waals surface area contributed by atoms with Crippen LogP contribution in [0.25, 0.3) is 10.2 Å². The number of benzene rings is 1. The largest absolute Gasteiger partial charge is 0.383 e. The number of aromatic nitrogens is 2. The molecule has 0 bridgehead atoms. The van der Waals surface area contributed by atoms with Gasteiger partial charge in [0.15, 0.2) is 22.6 Å². The lowest BCUT2D eigenvalue weighted by atomic mass is 9.97. The molecule has 1 amide bonds. The van der Waals surface area contributed by atoms with Gasteiger partial charge in [0, 0.05) is 12.0 Å². The summed E-state index contributed by atoms with van der Waals surface area (Å²) in [4.78, 5) is 32.1. The van der Waals surface area contributed by atoms with Gasteiger partial charge in [-0.3, -0.25) is 14.2 Å². The second-order valence-electron chi connectivity index (χ2n) is 7.29. The summed E-state index contributed by atoms with van der Waals surface area (Å²) in [6.45, 7) is 0.559. The van der Waals surface area contributed by atoms with Crippen molar-refractivity contribution in [2.24, 2.45) is 0 Å². The van der Waals surface area contributed by atoms with Crippen molar-refractivity contribution in [2.45, 2.75) is 37.4 Å². The number of fused-ring (bicyclic) bond motifs is 3. The maximum absolute atomic E-state index is 13.8. The summed E-state index contributed by atoms with van der Waals surface area (Å²) in [6.07, 6.45) is 3.90. The number of nitrogens with zero attached hydrogens (tertiary/aromatic N) is 2. The zero-order valence-corrected chi connectivity index (χ0v) is 18.8. The highest BCUT2D eigenvalue weighted by Crippen LogP contribution is 2.34. The van der Waals surface area contributed by atoms with Crippen LogP contribution in [0.1, 0.15) is 23.3 Å². The molecule has 3 aromatic rings. The fraction of sp³-hybridized carbons (Fsp3) is 0.381. The fourth-order valence-corrected chi connectivity index (χ4v) is 5.78. The van der Waals surface area contributed by atoms with Crippen LogP contribution < -0.4 is 10.9 Å². The van der Waals surface area contributed by atoms with Crippen LogP contribution in [-0.2, 0) is 28.9 Å². The van der Waals surface area contributed by atoms with Crippen LogP contribution in [-0.4, -0.2) is 34.9 Å². The molecule has 0 unspecified atom stereocenters. The average Bonchev–Trinajstić information content (AvgIpc) is 3.16. The number of methoxy groups -OCH3 is 1. The normalized spacial score (nSPS) is 13.4. The van der Waals surface area contributed by atoms with Crippen molar-refractivity contribution < 1.29 is 22.7 Å². The van der Waals surface area contributed by atoms with Crippen molar-refractivity contribution >= 4 is 44.9 Å². The van der Waals surface area contributed by atoms with E-state index in [0.717, 1.165) is 55.1 Å². The second-order valence-corrected chi connectivity index (χ2v) is 9.32. The predicted octanol–water partition coefficient (Wildman–Crippen LogP) is 4.13. The molecule has 11 heteroatoms. The van der Waals surface area contributed by atoms with Crippen molar-refractivity contribution in [3.63, 3.8) is 0 Å². The predicted molar refractivity (Wildman–Crippen MR) is 118 cm³/mol. The van der Waals surface area contributed by atoms with E-state index in [2.05, 4.69) is 10.3 Å². The quantitative estimate of drug-likeness (QED) is 0.311.